The molecule has 2 aromatic rings. The van der Waals surface area contributed by atoms with Crippen LogP contribution in [0.25, 0.3) is 0 Å². The van der Waals surface area contributed by atoms with Crippen molar-refractivity contribution in [3.05, 3.63) is 59.9 Å². The van der Waals surface area contributed by atoms with Gasteiger partial charge < -0.3 is 4.90 Å². The highest BCUT2D eigenvalue weighted by Gasteiger charge is 2.49. The smallest absolute Gasteiger partial charge is 0.241 e. The lowest BCUT2D eigenvalue weighted by Gasteiger charge is -2.28. The SMILES string of the molecule is CCCC1(c2ccncc2)C(=O)N(C)c2ccccc21. The zero-order valence-corrected chi connectivity index (χ0v) is 11.8. The molecule has 0 spiro atoms. The molecule has 0 bridgehead atoms. The monoisotopic (exact) mass is 266 g/mol. The van der Waals surface area contributed by atoms with Crippen molar-refractivity contribution in [1.29, 1.82) is 0 Å². The summed E-state index contributed by atoms with van der Waals surface area (Å²) >= 11 is 0. The van der Waals surface area contributed by atoms with Gasteiger partial charge in [0.25, 0.3) is 0 Å². The Kier molecular flexibility index (Phi) is 3.05. The first-order valence-corrected chi connectivity index (χ1v) is 7.00. The fourth-order valence-corrected chi connectivity index (χ4v) is 3.31. The summed E-state index contributed by atoms with van der Waals surface area (Å²) in [5.41, 5.74) is 2.61. The molecule has 1 unspecified atom stereocenters. The minimum absolute atomic E-state index is 0.159. The van der Waals surface area contributed by atoms with Crippen molar-refractivity contribution < 1.29 is 4.79 Å². The van der Waals surface area contributed by atoms with Gasteiger partial charge in [-0.3, -0.25) is 9.78 Å². The summed E-state index contributed by atoms with van der Waals surface area (Å²) in [7, 11) is 1.86. The van der Waals surface area contributed by atoms with E-state index in [2.05, 4.69) is 18.0 Å². The van der Waals surface area contributed by atoms with E-state index in [1.54, 1.807) is 17.3 Å². The Morgan fingerprint density at radius 1 is 1.15 bits per heavy atom. The van der Waals surface area contributed by atoms with Gasteiger partial charge in [0.15, 0.2) is 0 Å². The third kappa shape index (κ3) is 1.59. The molecule has 1 aliphatic heterocycles. The summed E-state index contributed by atoms with van der Waals surface area (Å²) in [6, 6.07) is 12.0. The van der Waals surface area contributed by atoms with Gasteiger partial charge >= 0.3 is 0 Å². The summed E-state index contributed by atoms with van der Waals surface area (Å²) in [5.74, 6) is 0.159. The molecule has 1 aliphatic rings. The second kappa shape index (κ2) is 4.75. The van der Waals surface area contributed by atoms with Gasteiger partial charge in [-0.2, -0.15) is 0 Å². The van der Waals surface area contributed by atoms with Crippen LogP contribution in [0.2, 0.25) is 0 Å². The van der Waals surface area contributed by atoms with Gasteiger partial charge in [-0.1, -0.05) is 31.5 Å². The summed E-state index contributed by atoms with van der Waals surface area (Å²) < 4.78 is 0. The summed E-state index contributed by atoms with van der Waals surface area (Å²) in [5, 5.41) is 0. The Bertz CT molecular complexity index is 638. The predicted octanol–water partition coefficient (Wildman–Crippen LogP) is 3.14. The highest BCUT2D eigenvalue weighted by Crippen LogP contribution is 2.48. The average molecular weight is 266 g/mol. The van der Waals surface area contributed by atoms with E-state index in [1.807, 2.05) is 37.4 Å². The van der Waals surface area contributed by atoms with E-state index in [0.717, 1.165) is 29.7 Å². The molecule has 0 N–H and O–H groups in total. The number of hydrogen-bond donors (Lipinski definition) is 0. The fraction of sp³-hybridized carbons (Fsp3) is 0.294. The predicted molar refractivity (Wildman–Crippen MR) is 79.8 cm³/mol. The molecule has 1 aromatic heterocycles. The normalized spacial score (nSPS) is 21.1. The number of amides is 1. The van der Waals surface area contributed by atoms with E-state index < -0.39 is 5.41 Å². The number of carbonyl (C=O) groups excluding carboxylic acids is 1. The van der Waals surface area contributed by atoms with Gasteiger partial charge in [-0.05, 0) is 35.7 Å². The number of fused-ring (bicyclic) bond motifs is 1. The average Bonchev–Trinajstić information content (AvgIpc) is 2.72. The van der Waals surface area contributed by atoms with Crippen LogP contribution in [0, 0.1) is 0 Å². The Morgan fingerprint density at radius 3 is 2.55 bits per heavy atom. The third-order valence-corrected chi connectivity index (χ3v) is 4.19. The van der Waals surface area contributed by atoms with E-state index >= 15 is 0 Å². The molecular formula is C17H18N2O. The lowest BCUT2D eigenvalue weighted by atomic mass is 9.72. The molecule has 0 saturated carbocycles. The van der Waals surface area contributed by atoms with E-state index in [0.29, 0.717) is 0 Å². The number of nitrogens with zero attached hydrogens (tertiary/aromatic N) is 2. The van der Waals surface area contributed by atoms with Gasteiger partial charge in [0, 0.05) is 25.1 Å². The molecule has 20 heavy (non-hydrogen) atoms. The minimum atomic E-state index is -0.553. The standard InChI is InChI=1S/C17H18N2O/c1-3-10-17(13-8-11-18-12-9-13)14-6-4-5-7-15(14)19(2)16(17)20/h4-9,11-12H,3,10H2,1-2H3. The van der Waals surface area contributed by atoms with Crippen LogP contribution in [0.4, 0.5) is 5.69 Å². The van der Waals surface area contributed by atoms with E-state index in [9.17, 15) is 4.79 Å². The van der Waals surface area contributed by atoms with Gasteiger partial charge in [0.05, 0.1) is 0 Å². The number of para-hydroxylation sites is 1. The van der Waals surface area contributed by atoms with E-state index in [-0.39, 0.29) is 5.91 Å². The van der Waals surface area contributed by atoms with Crippen LogP contribution < -0.4 is 4.90 Å². The number of likely N-dealkylation sites (N-methyl/N-ethyl adjacent to an activating group) is 1. The maximum atomic E-state index is 13.0. The number of hydrogen-bond acceptors (Lipinski definition) is 2. The zero-order chi connectivity index (χ0) is 14.2. The van der Waals surface area contributed by atoms with Gasteiger partial charge in [0.2, 0.25) is 5.91 Å². The molecular weight excluding hydrogens is 248 g/mol. The first-order valence-electron chi connectivity index (χ1n) is 7.00. The lowest BCUT2D eigenvalue weighted by molar-refractivity contribution is -0.121. The summed E-state index contributed by atoms with van der Waals surface area (Å²) in [4.78, 5) is 18.8. The molecule has 3 heteroatoms. The Balaban J connectivity index is 2.28. The van der Waals surface area contributed by atoms with Crippen LogP contribution in [-0.4, -0.2) is 17.9 Å². The van der Waals surface area contributed by atoms with E-state index in [4.69, 9.17) is 0 Å². The largest absolute Gasteiger partial charge is 0.314 e. The number of anilines is 1. The van der Waals surface area contributed by atoms with Crippen LogP contribution >= 0.6 is 0 Å². The van der Waals surface area contributed by atoms with Crippen molar-refractivity contribution in [3.63, 3.8) is 0 Å². The third-order valence-electron chi connectivity index (χ3n) is 4.19. The first-order chi connectivity index (χ1) is 9.71. The van der Waals surface area contributed by atoms with Crippen molar-refractivity contribution in [1.82, 2.24) is 4.98 Å². The number of carbonyl (C=O) groups is 1. The Morgan fingerprint density at radius 2 is 1.85 bits per heavy atom. The Labute approximate surface area is 119 Å². The molecule has 1 aromatic carbocycles. The van der Waals surface area contributed by atoms with Crippen LogP contribution in [0.15, 0.2) is 48.8 Å². The van der Waals surface area contributed by atoms with Crippen molar-refractivity contribution in [2.75, 3.05) is 11.9 Å². The van der Waals surface area contributed by atoms with Crippen molar-refractivity contribution in [2.24, 2.45) is 0 Å². The molecule has 102 valence electrons. The summed E-state index contributed by atoms with van der Waals surface area (Å²) in [6.45, 7) is 2.12. The molecule has 2 heterocycles. The zero-order valence-electron chi connectivity index (χ0n) is 11.8. The second-order valence-corrected chi connectivity index (χ2v) is 5.27. The minimum Gasteiger partial charge on any atom is -0.314 e. The Hall–Kier alpha value is -2.16. The van der Waals surface area contributed by atoms with Gasteiger partial charge in [-0.25, -0.2) is 0 Å². The van der Waals surface area contributed by atoms with Crippen LogP contribution in [0.3, 0.4) is 0 Å². The molecule has 0 saturated heterocycles. The van der Waals surface area contributed by atoms with Crippen LogP contribution in [0.1, 0.15) is 30.9 Å². The molecule has 1 atom stereocenters. The quantitative estimate of drug-likeness (QED) is 0.855. The fourth-order valence-electron chi connectivity index (χ4n) is 3.31. The highest BCUT2D eigenvalue weighted by molar-refractivity contribution is 6.10. The van der Waals surface area contributed by atoms with Crippen molar-refractivity contribution in [3.8, 4) is 0 Å². The second-order valence-electron chi connectivity index (χ2n) is 5.27. The number of pyridine rings is 1. The topological polar surface area (TPSA) is 33.2 Å². The molecule has 3 rings (SSSR count). The van der Waals surface area contributed by atoms with Crippen molar-refractivity contribution in [2.45, 2.75) is 25.2 Å². The van der Waals surface area contributed by atoms with Crippen LogP contribution in [0.5, 0.6) is 0 Å². The molecule has 0 fully saturated rings. The number of aromatic nitrogens is 1. The lowest BCUT2D eigenvalue weighted by Crippen LogP contribution is -2.39. The van der Waals surface area contributed by atoms with Gasteiger partial charge in [0.1, 0.15) is 5.41 Å². The molecule has 3 nitrogen and oxygen atoms in total. The van der Waals surface area contributed by atoms with Crippen molar-refractivity contribution >= 4 is 11.6 Å². The maximum Gasteiger partial charge on any atom is 0.241 e. The summed E-state index contributed by atoms with van der Waals surface area (Å²) in [6.07, 6.45) is 5.30. The molecule has 0 aliphatic carbocycles. The van der Waals surface area contributed by atoms with Gasteiger partial charge in [-0.15, -0.1) is 0 Å². The van der Waals surface area contributed by atoms with E-state index in [1.165, 1.54) is 0 Å². The first kappa shape index (κ1) is 12.9. The number of benzene rings is 1. The highest BCUT2D eigenvalue weighted by atomic mass is 16.2. The van der Waals surface area contributed by atoms with Crippen LogP contribution in [-0.2, 0) is 10.2 Å². The number of rotatable bonds is 3. The molecule has 0 radical (unpaired) electrons. The maximum absolute atomic E-state index is 13.0. The molecule has 1 amide bonds.